The molecule has 0 bridgehead atoms. The standard InChI is InChI=1S/C19H24O8/c1-19(23)9-11(20)15(17(21)26-4)14(16(19)18(22)27-5)10-6-7-12(24-2)13(8-10)25-3/h6-8,14-16,23H,9H2,1-5H3/t14-,15+,16-,19+/m0/s1. The van der Waals surface area contributed by atoms with Crippen LogP contribution in [0.15, 0.2) is 18.2 Å². The number of ether oxygens (including phenoxy) is 4. The molecule has 0 heterocycles. The lowest BCUT2D eigenvalue weighted by Crippen LogP contribution is -2.55. The van der Waals surface area contributed by atoms with Gasteiger partial charge >= 0.3 is 11.9 Å². The summed E-state index contributed by atoms with van der Waals surface area (Å²) in [5.41, 5.74) is -1.24. The molecule has 1 fully saturated rings. The zero-order chi connectivity index (χ0) is 20.4. The van der Waals surface area contributed by atoms with E-state index < -0.39 is 41.1 Å². The summed E-state index contributed by atoms with van der Waals surface area (Å²) < 4.78 is 20.1. The van der Waals surface area contributed by atoms with Crippen molar-refractivity contribution in [1.29, 1.82) is 0 Å². The second kappa shape index (κ2) is 7.96. The first kappa shape index (κ1) is 20.7. The van der Waals surface area contributed by atoms with E-state index in [0.717, 1.165) is 0 Å². The minimum atomic E-state index is -1.69. The van der Waals surface area contributed by atoms with Crippen LogP contribution in [0, 0.1) is 11.8 Å². The monoisotopic (exact) mass is 380 g/mol. The number of aliphatic hydroxyl groups is 1. The van der Waals surface area contributed by atoms with Crippen molar-refractivity contribution in [3.8, 4) is 11.5 Å². The van der Waals surface area contributed by atoms with Crippen LogP contribution >= 0.6 is 0 Å². The third-order valence-electron chi connectivity index (χ3n) is 4.97. The van der Waals surface area contributed by atoms with E-state index in [1.165, 1.54) is 35.4 Å². The van der Waals surface area contributed by atoms with Gasteiger partial charge < -0.3 is 24.1 Å². The van der Waals surface area contributed by atoms with Crippen molar-refractivity contribution in [1.82, 2.24) is 0 Å². The number of methoxy groups -OCH3 is 4. The quantitative estimate of drug-likeness (QED) is 0.597. The van der Waals surface area contributed by atoms with Gasteiger partial charge in [0.2, 0.25) is 0 Å². The molecule has 27 heavy (non-hydrogen) atoms. The highest BCUT2D eigenvalue weighted by Crippen LogP contribution is 2.47. The van der Waals surface area contributed by atoms with Crippen LogP contribution in [-0.4, -0.2) is 56.9 Å². The number of carbonyl (C=O) groups is 3. The van der Waals surface area contributed by atoms with Crippen molar-refractivity contribution in [2.45, 2.75) is 24.9 Å². The molecule has 2 rings (SSSR count). The Morgan fingerprint density at radius 2 is 1.63 bits per heavy atom. The maximum atomic E-state index is 12.7. The Labute approximate surface area is 157 Å². The van der Waals surface area contributed by atoms with Crippen LogP contribution < -0.4 is 9.47 Å². The SMILES string of the molecule is COC(=O)[C@@H]1C(=O)C[C@@](C)(O)[C@H](C(=O)OC)[C@H]1c1ccc(OC)c(OC)c1. The van der Waals surface area contributed by atoms with E-state index in [0.29, 0.717) is 17.1 Å². The average Bonchev–Trinajstić information content (AvgIpc) is 2.64. The number of hydrogen-bond acceptors (Lipinski definition) is 8. The second-order valence-corrected chi connectivity index (χ2v) is 6.64. The summed E-state index contributed by atoms with van der Waals surface area (Å²) in [5, 5.41) is 10.8. The van der Waals surface area contributed by atoms with Crippen LogP contribution in [0.1, 0.15) is 24.8 Å². The maximum Gasteiger partial charge on any atom is 0.316 e. The number of rotatable bonds is 5. The Bertz CT molecular complexity index is 739. The maximum absolute atomic E-state index is 12.7. The largest absolute Gasteiger partial charge is 0.493 e. The van der Waals surface area contributed by atoms with E-state index in [4.69, 9.17) is 18.9 Å². The van der Waals surface area contributed by atoms with E-state index >= 15 is 0 Å². The van der Waals surface area contributed by atoms with Crippen molar-refractivity contribution in [2.24, 2.45) is 11.8 Å². The topological polar surface area (TPSA) is 108 Å². The highest BCUT2D eigenvalue weighted by molar-refractivity contribution is 6.02. The van der Waals surface area contributed by atoms with Crippen molar-refractivity contribution in [2.75, 3.05) is 28.4 Å². The van der Waals surface area contributed by atoms with Gasteiger partial charge in [0.1, 0.15) is 5.92 Å². The van der Waals surface area contributed by atoms with E-state index in [-0.39, 0.29) is 6.42 Å². The van der Waals surface area contributed by atoms with Gasteiger partial charge in [-0.25, -0.2) is 0 Å². The van der Waals surface area contributed by atoms with E-state index in [9.17, 15) is 19.5 Å². The fourth-order valence-corrected chi connectivity index (χ4v) is 3.73. The predicted molar refractivity (Wildman–Crippen MR) is 93.5 cm³/mol. The number of hydrogen-bond donors (Lipinski definition) is 1. The van der Waals surface area contributed by atoms with Crippen LogP contribution in [0.2, 0.25) is 0 Å². The Balaban J connectivity index is 2.69. The first-order valence-corrected chi connectivity index (χ1v) is 8.34. The van der Waals surface area contributed by atoms with Gasteiger partial charge in [-0.3, -0.25) is 14.4 Å². The highest BCUT2D eigenvalue weighted by atomic mass is 16.5. The Morgan fingerprint density at radius 3 is 2.15 bits per heavy atom. The molecule has 0 saturated heterocycles. The lowest BCUT2D eigenvalue weighted by molar-refractivity contribution is -0.170. The summed E-state index contributed by atoms with van der Waals surface area (Å²) in [6, 6.07) is 4.79. The summed E-state index contributed by atoms with van der Waals surface area (Å²) in [4.78, 5) is 37.5. The van der Waals surface area contributed by atoms with Gasteiger partial charge in [-0.1, -0.05) is 6.07 Å². The number of esters is 2. The molecule has 0 aliphatic heterocycles. The molecule has 1 N–H and O–H groups in total. The average molecular weight is 380 g/mol. The molecule has 1 aromatic carbocycles. The van der Waals surface area contributed by atoms with Crippen LogP contribution in [-0.2, 0) is 23.9 Å². The fraction of sp³-hybridized carbons (Fsp3) is 0.526. The molecule has 1 aliphatic rings. The van der Waals surface area contributed by atoms with Crippen molar-refractivity contribution < 1.29 is 38.4 Å². The van der Waals surface area contributed by atoms with Crippen LogP contribution in [0.4, 0.5) is 0 Å². The molecule has 0 amide bonds. The van der Waals surface area contributed by atoms with Gasteiger partial charge in [0.05, 0.1) is 40.0 Å². The highest BCUT2D eigenvalue weighted by Gasteiger charge is 2.57. The molecule has 0 unspecified atom stereocenters. The van der Waals surface area contributed by atoms with Gasteiger partial charge in [-0.15, -0.1) is 0 Å². The first-order valence-electron chi connectivity index (χ1n) is 8.34. The smallest absolute Gasteiger partial charge is 0.316 e. The molecule has 8 heteroatoms. The molecule has 1 aromatic rings. The minimum Gasteiger partial charge on any atom is -0.493 e. The molecule has 0 spiro atoms. The second-order valence-electron chi connectivity index (χ2n) is 6.64. The number of Topliss-reactive ketones (excluding diaryl/α,β-unsaturated/α-hetero) is 1. The van der Waals surface area contributed by atoms with Crippen LogP contribution in [0.5, 0.6) is 11.5 Å². The Kier molecular flexibility index (Phi) is 6.10. The normalized spacial score (nSPS) is 27.6. The molecule has 0 aromatic heterocycles. The third-order valence-corrected chi connectivity index (χ3v) is 4.97. The summed E-state index contributed by atoms with van der Waals surface area (Å²) in [5.74, 6) is -4.59. The summed E-state index contributed by atoms with van der Waals surface area (Å²) in [7, 11) is 5.27. The molecule has 8 nitrogen and oxygen atoms in total. The first-order chi connectivity index (χ1) is 12.7. The zero-order valence-corrected chi connectivity index (χ0v) is 16.0. The Morgan fingerprint density at radius 1 is 1.04 bits per heavy atom. The molecule has 148 valence electrons. The molecular weight excluding hydrogens is 356 g/mol. The van der Waals surface area contributed by atoms with Crippen LogP contribution in [0.25, 0.3) is 0 Å². The van der Waals surface area contributed by atoms with Gasteiger partial charge in [0.15, 0.2) is 17.3 Å². The molecule has 0 radical (unpaired) electrons. The van der Waals surface area contributed by atoms with E-state index in [1.54, 1.807) is 18.2 Å². The van der Waals surface area contributed by atoms with Crippen molar-refractivity contribution in [3.63, 3.8) is 0 Å². The summed E-state index contributed by atoms with van der Waals surface area (Å²) >= 11 is 0. The molecule has 4 atom stereocenters. The van der Waals surface area contributed by atoms with Gasteiger partial charge in [0, 0.05) is 12.3 Å². The molecular formula is C19H24O8. The molecule has 1 saturated carbocycles. The van der Waals surface area contributed by atoms with Crippen LogP contribution in [0.3, 0.4) is 0 Å². The van der Waals surface area contributed by atoms with E-state index in [2.05, 4.69) is 0 Å². The van der Waals surface area contributed by atoms with Crippen molar-refractivity contribution in [3.05, 3.63) is 23.8 Å². The lowest BCUT2D eigenvalue weighted by Gasteiger charge is -2.43. The van der Waals surface area contributed by atoms with Crippen molar-refractivity contribution >= 4 is 17.7 Å². The third kappa shape index (κ3) is 3.75. The molecule has 1 aliphatic carbocycles. The van der Waals surface area contributed by atoms with Gasteiger partial charge in [0.25, 0.3) is 0 Å². The fourth-order valence-electron chi connectivity index (χ4n) is 3.73. The summed E-state index contributed by atoms with van der Waals surface area (Å²) in [6.45, 7) is 1.38. The summed E-state index contributed by atoms with van der Waals surface area (Å²) in [6.07, 6.45) is -0.365. The number of benzene rings is 1. The zero-order valence-electron chi connectivity index (χ0n) is 16.0. The Hall–Kier alpha value is -2.61. The number of carbonyl (C=O) groups excluding carboxylic acids is 3. The van der Waals surface area contributed by atoms with Gasteiger partial charge in [-0.2, -0.15) is 0 Å². The van der Waals surface area contributed by atoms with E-state index in [1.807, 2.05) is 0 Å². The number of ketones is 1. The minimum absolute atomic E-state index is 0.361. The lowest BCUT2D eigenvalue weighted by atomic mass is 9.61. The predicted octanol–water partition coefficient (Wildman–Crippen LogP) is 1.09. The van der Waals surface area contributed by atoms with Gasteiger partial charge in [-0.05, 0) is 24.6 Å².